The molecule has 2 rings (SSSR count). The lowest BCUT2D eigenvalue weighted by Crippen LogP contribution is -1.97. The molecule has 1 heterocycles. The maximum Gasteiger partial charge on any atom is 0.434 e. The third-order valence-corrected chi connectivity index (χ3v) is 2.99. The van der Waals surface area contributed by atoms with Crippen LogP contribution in [0.25, 0.3) is 0 Å². The second kappa shape index (κ2) is 4.84. The Kier molecular flexibility index (Phi) is 3.45. The number of nitrogens with one attached hydrogen (secondary N) is 1. The lowest BCUT2D eigenvalue weighted by molar-refractivity contribution is 0.256. The van der Waals surface area contributed by atoms with E-state index >= 15 is 0 Å². The molecule has 84 valence electrons. The van der Waals surface area contributed by atoms with Gasteiger partial charge >= 0.3 is 5.76 Å². The fourth-order valence-corrected chi connectivity index (χ4v) is 2.30. The Morgan fingerprint density at radius 2 is 2.06 bits per heavy atom. The maximum absolute atomic E-state index is 10.7. The zero-order chi connectivity index (χ0) is 11.5. The molecule has 0 bridgehead atoms. The molecule has 0 amide bonds. The molecule has 0 aliphatic heterocycles. The van der Waals surface area contributed by atoms with Crippen LogP contribution >= 0.6 is 31.9 Å². The lowest BCUT2D eigenvalue weighted by Gasteiger charge is -2.07. The summed E-state index contributed by atoms with van der Waals surface area (Å²) in [6.45, 7) is 0.0833. The Morgan fingerprint density at radius 3 is 2.62 bits per heavy atom. The number of aromatic nitrogens is 2. The van der Waals surface area contributed by atoms with Crippen LogP contribution in [-0.4, -0.2) is 10.2 Å². The minimum Gasteiger partial charge on any atom is -0.481 e. The van der Waals surface area contributed by atoms with Gasteiger partial charge in [-0.15, -0.1) is 5.10 Å². The monoisotopic (exact) mass is 348 g/mol. The van der Waals surface area contributed by atoms with Crippen molar-refractivity contribution in [3.05, 3.63) is 43.6 Å². The van der Waals surface area contributed by atoms with Crippen LogP contribution < -0.4 is 10.5 Å². The number of hydrogen-bond acceptors (Lipinski definition) is 4. The normalized spacial score (nSPS) is 10.4. The fourth-order valence-electron chi connectivity index (χ4n) is 1.08. The molecule has 0 aliphatic rings. The second-order valence-corrected chi connectivity index (χ2v) is 4.55. The predicted molar refractivity (Wildman–Crippen MR) is 63.3 cm³/mol. The molecule has 16 heavy (non-hydrogen) atoms. The summed E-state index contributed by atoms with van der Waals surface area (Å²) < 4.78 is 11.8. The third-order valence-electron chi connectivity index (χ3n) is 1.74. The summed E-state index contributed by atoms with van der Waals surface area (Å²) in [6, 6.07) is 5.57. The summed E-state index contributed by atoms with van der Waals surface area (Å²) >= 11 is 6.70. The van der Waals surface area contributed by atoms with E-state index in [9.17, 15) is 4.79 Å². The lowest BCUT2D eigenvalue weighted by atomic mass is 10.3. The van der Waals surface area contributed by atoms with E-state index in [4.69, 9.17) is 9.15 Å². The molecule has 1 aromatic carbocycles. The second-order valence-electron chi connectivity index (χ2n) is 2.85. The van der Waals surface area contributed by atoms with Gasteiger partial charge in [0.15, 0.2) is 6.61 Å². The van der Waals surface area contributed by atoms with Gasteiger partial charge in [0, 0.05) is 0 Å². The van der Waals surface area contributed by atoms with Gasteiger partial charge in [-0.2, -0.15) is 0 Å². The number of halogens is 2. The Bertz CT molecular complexity index is 529. The third kappa shape index (κ3) is 2.53. The van der Waals surface area contributed by atoms with E-state index in [0.29, 0.717) is 5.75 Å². The number of aromatic amines is 1. The van der Waals surface area contributed by atoms with Gasteiger partial charge in [0.2, 0.25) is 0 Å². The van der Waals surface area contributed by atoms with Crippen LogP contribution in [-0.2, 0) is 6.61 Å². The zero-order valence-corrected chi connectivity index (χ0v) is 11.0. The van der Waals surface area contributed by atoms with Crippen LogP contribution in [0.2, 0.25) is 0 Å². The average Bonchev–Trinajstić information content (AvgIpc) is 2.63. The molecule has 2 aromatic rings. The molecule has 1 N–H and O–H groups in total. The average molecular weight is 350 g/mol. The highest BCUT2D eigenvalue weighted by Gasteiger charge is 2.08. The standard InChI is InChI=1S/C9H6Br2N2O3/c10-5-2-1-3-6(11)8(5)15-4-7-12-13-9(14)16-7/h1-3H,4H2,(H,13,14). The van der Waals surface area contributed by atoms with Crippen LogP contribution in [0.3, 0.4) is 0 Å². The number of hydrogen-bond donors (Lipinski definition) is 1. The quantitative estimate of drug-likeness (QED) is 0.924. The first-order valence-electron chi connectivity index (χ1n) is 4.28. The van der Waals surface area contributed by atoms with Crippen LogP contribution in [0.15, 0.2) is 36.4 Å². The summed E-state index contributed by atoms with van der Waals surface area (Å²) in [5, 5.41) is 5.79. The van der Waals surface area contributed by atoms with Gasteiger partial charge in [0.1, 0.15) is 5.75 Å². The van der Waals surface area contributed by atoms with E-state index < -0.39 is 5.76 Å². The molecule has 0 saturated carbocycles. The Labute approximate surface area is 107 Å². The zero-order valence-electron chi connectivity index (χ0n) is 7.87. The first kappa shape index (κ1) is 11.4. The molecule has 0 spiro atoms. The Balaban J connectivity index is 2.13. The Morgan fingerprint density at radius 1 is 1.38 bits per heavy atom. The molecule has 0 fully saturated rings. The van der Waals surface area contributed by atoms with E-state index in [0.717, 1.165) is 8.95 Å². The molecular weight excluding hydrogens is 344 g/mol. The number of H-pyrrole nitrogens is 1. The highest BCUT2D eigenvalue weighted by Crippen LogP contribution is 2.33. The minimum absolute atomic E-state index is 0.0833. The molecular formula is C9H6Br2N2O3. The van der Waals surface area contributed by atoms with Crippen molar-refractivity contribution in [1.82, 2.24) is 10.2 Å². The van der Waals surface area contributed by atoms with Gasteiger partial charge in [0.05, 0.1) is 8.95 Å². The Hall–Kier alpha value is -1.08. The summed E-state index contributed by atoms with van der Waals surface area (Å²) in [7, 11) is 0. The number of para-hydroxylation sites is 1. The van der Waals surface area contributed by atoms with Gasteiger partial charge in [-0.25, -0.2) is 9.89 Å². The van der Waals surface area contributed by atoms with Crippen LogP contribution in [0.4, 0.5) is 0 Å². The van der Waals surface area contributed by atoms with Crippen molar-refractivity contribution in [3.63, 3.8) is 0 Å². The highest BCUT2D eigenvalue weighted by atomic mass is 79.9. The van der Waals surface area contributed by atoms with Gasteiger partial charge in [-0.05, 0) is 44.0 Å². The van der Waals surface area contributed by atoms with E-state index in [-0.39, 0.29) is 12.5 Å². The predicted octanol–water partition coefficient (Wildman–Crippen LogP) is 2.47. The van der Waals surface area contributed by atoms with Gasteiger partial charge < -0.3 is 9.15 Å². The molecule has 1 aromatic heterocycles. The van der Waals surface area contributed by atoms with Crippen molar-refractivity contribution in [2.24, 2.45) is 0 Å². The summed E-state index contributed by atoms with van der Waals surface area (Å²) in [6.07, 6.45) is 0. The molecule has 5 nitrogen and oxygen atoms in total. The fraction of sp³-hybridized carbons (Fsp3) is 0.111. The minimum atomic E-state index is -0.593. The largest absolute Gasteiger partial charge is 0.481 e. The molecule has 0 atom stereocenters. The first-order chi connectivity index (χ1) is 7.66. The van der Waals surface area contributed by atoms with Gasteiger partial charge in [-0.1, -0.05) is 6.07 Å². The molecule has 0 radical (unpaired) electrons. The van der Waals surface area contributed by atoms with Crippen LogP contribution in [0.1, 0.15) is 5.89 Å². The highest BCUT2D eigenvalue weighted by molar-refractivity contribution is 9.11. The molecule has 0 unspecified atom stereocenters. The number of nitrogens with zero attached hydrogens (tertiary/aromatic N) is 1. The number of rotatable bonds is 3. The molecule has 7 heteroatoms. The van der Waals surface area contributed by atoms with Gasteiger partial charge in [-0.3, -0.25) is 0 Å². The van der Waals surface area contributed by atoms with Crippen molar-refractivity contribution in [1.29, 1.82) is 0 Å². The first-order valence-corrected chi connectivity index (χ1v) is 5.86. The smallest absolute Gasteiger partial charge is 0.434 e. The summed E-state index contributed by atoms with van der Waals surface area (Å²) in [5.74, 6) is 0.241. The van der Waals surface area contributed by atoms with Crippen molar-refractivity contribution >= 4 is 31.9 Å². The molecule has 0 aliphatic carbocycles. The van der Waals surface area contributed by atoms with E-state index in [1.165, 1.54) is 0 Å². The van der Waals surface area contributed by atoms with E-state index in [2.05, 4.69) is 42.1 Å². The molecule has 0 saturated heterocycles. The van der Waals surface area contributed by atoms with Crippen molar-refractivity contribution in [2.45, 2.75) is 6.61 Å². The van der Waals surface area contributed by atoms with Crippen LogP contribution in [0, 0.1) is 0 Å². The van der Waals surface area contributed by atoms with E-state index in [1.807, 2.05) is 18.2 Å². The van der Waals surface area contributed by atoms with Crippen LogP contribution in [0.5, 0.6) is 5.75 Å². The van der Waals surface area contributed by atoms with Crippen molar-refractivity contribution in [3.8, 4) is 5.75 Å². The summed E-state index contributed by atoms with van der Waals surface area (Å²) in [5.41, 5.74) is 0. The topological polar surface area (TPSA) is 68.1 Å². The summed E-state index contributed by atoms with van der Waals surface area (Å²) in [4.78, 5) is 10.7. The number of ether oxygens (including phenoxy) is 1. The van der Waals surface area contributed by atoms with E-state index in [1.54, 1.807) is 0 Å². The van der Waals surface area contributed by atoms with Crippen molar-refractivity contribution < 1.29 is 9.15 Å². The number of benzene rings is 1. The SMILES string of the molecule is O=c1[nH]nc(COc2c(Br)cccc2Br)o1. The van der Waals surface area contributed by atoms with Crippen molar-refractivity contribution in [2.75, 3.05) is 0 Å². The maximum atomic E-state index is 10.7. The van der Waals surface area contributed by atoms with Gasteiger partial charge in [0.25, 0.3) is 5.89 Å².